The number of pyridine rings is 1. The van der Waals surface area contributed by atoms with Gasteiger partial charge in [0.1, 0.15) is 0 Å². The lowest BCUT2D eigenvalue weighted by atomic mass is 9.99. The first-order valence-electron chi connectivity index (χ1n) is 7.48. The van der Waals surface area contributed by atoms with Crippen molar-refractivity contribution in [2.24, 2.45) is 0 Å². The summed E-state index contributed by atoms with van der Waals surface area (Å²) in [5.41, 5.74) is 4.20. The highest BCUT2D eigenvalue weighted by atomic mass is 32.1. The Kier molecular flexibility index (Phi) is 4.18. The summed E-state index contributed by atoms with van der Waals surface area (Å²) >= 11 is 2.00. The highest BCUT2D eigenvalue weighted by Crippen LogP contribution is 2.32. The van der Waals surface area contributed by atoms with Gasteiger partial charge < -0.3 is 5.32 Å². The first-order chi connectivity index (χ1) is 9.74. The zero-order chi connectivity index (χ0) is 13.9. The fourth-order valence-electron chi connectivity index (χ4n) is 2.77. The third-order valence-corrected chi connectivity index (χ3v) is 5.61. The number of hydrogen-bond donors (Lipinski definition) is 1. The van der Waals surface area contributed by atoms with Crippen LogP contribution < -0.4 is 5.32 Å². The van der Waals surface area contributed by atoms with E-state index in [4.69, 9.17) is 0 Å². The first-order valence-corrected chi connectivity index (χ1v) is 8.30. The van der Waals surface area contributed by atoms with Gasteiger partial charge in [-0.15, -0.1) is 11.3 Å². The molecule has 0 saturated carbocycles. The van der Waals surface area contributed by atoms with Crippen LogP contribution in [0.1, 0.15) is 52.3 Å². The number of thiophene rings is 1. The summed E-state index contributed by atoms with van der Waals surface area (Å²) in [4.78, 5) is 7.32. The van der Waals surface area contributed by atoms with Crippen LogP contribution in [0, 0.1) is 6.92 Å². The summed E-state index contributed by atoms with van der Waals surface area (Å²) in [7, 11) is 0. The Morgan fingerprint density at radius 3 is 3.00 bits per heavy atom. The lowest BCUT2D eigenvalue weighted by Gasteiger charge is -2.13. The van der Waals surface area contributed by atoms with Crippen LogP contribution in [0.2, 0.25) is 0 Å². The van der Waals surface area contributed by atoms with E-state index in [-0.39, 0.29) is 0 Å². The molecule has 2 aromatic heterocycles. The molecule has 0 saturated heterocycles. The van der Waals surface area contributed by atoms with Crippen molar-refractivity contribution in [3.8, 4) is 0 Å². The molecule has 20 heavy (non-hydrogen) atoms. The molecule has 0 bridgehead atoms. The van der Waals surface area contributed by atoms with E-state index in [0.717, 1.165) is 6.54 Å². The Morgan fingerprint density at radius 1 is 1.35 bits per heavy atom. The third-order valence-electron chi connectivity index (χ3n) is 4.19. The molecule has 2 aromatic rings. The maximum absolute atomic E-state index is 4.21. The Morgan fingerprint density at radius 2 is 2.20 bits per heavy atom. The Bertz CT molecular complexity index is 565. The van der Waals surface area contributed by atoms with E-state index in [1.165, 1.54) is 41.7 Å². The van der Waals surface area contributed by atoms with Gasteiger partial charge in [-0.3, -0.25) is 4.98 Å². The van der Waals surface area contributed by atoms with Gasteiger partial charge in [-0.2, -0.15) is 0 Å². The molecule has 1 aliphatic carbocycles. The standard InChI is InChI=1S/C17H22N2S/c1-12-7-8-18-10-15(12)11-19-13(2)17-9-14-5-3-4-6-16(14)20-17/h7-10,13,19H,3-6,11H2,1-2H3. The van der Waals surface area contributed by atoms with Crippen molar-refractivity contribution >= 4 is 11.3 Å². The van der Waals surface area contributed by atoms with Crippen LogP contribution in [-0.4, -0.2) is 4.98 Å². The van der Waals surface area contributed by atoms with Gasteiger partial charge in [0.05, 0.1) is 0 Å². The van der Waals surface area contributed by atoms with Gasteiger partial charge in [0.15, 0.2) is 0 Å². The van der Waals surface area contributed by atoms with Crippen molar-refractivity contribution in [1.29, 1.82) is 0 Å². The zero-order valence-electron chi connectivity index (χ0n) is 12.3. The summed E-state index contributed by atoms with van der Waals surface area (Å²) < 4.78 is 0. The normalized spacial score (nSPS) is 15.9. The maximum Gasteiger partial charge on any atom is 0.0389 e. The van der Waals surface area contributed by atoms with Gasteiger partial charge in [0.25, 0.3) is 0 Å². The molecule has 3 rings (SSSR count). The highest BCUT2D eigenvalue weighted by Gasteiger charge is 2.16. The molecule has 0 fully saturated rings. The lowest BCUT2D eigenvalue weighted by molar-refractivity contribution is 0.580. The molecule has 1 atom stereocenters. The van der Waals surface area contributed by atoms with Crippen LogP contribution in [0.15, 0.2) is 24.5 Å². The fraction of sp³-hybridized carbons (Fsp3) is 0.471. The van der Waals surface area contributed by atoms with Crippen LogP contribution in [0.4, 0.5) is 0 Å². The minimum Gasteiger partial charge on any atom is -0.305 e. The molecular weight excluding hydrogens is 264 g/mol. The number of rotatable bonds is 4. The number of nitrogens with one attached hydrogen (secondary N) is 1. The van der Waals surface area contributed by atoms with Crippen molar-refractivity contribution in [3.05, 3.63) is 51.0 Å². The molecule has 2 heterocycles. The quantitative estimate of drug-likeness (QED) is 0.912. The van der Waals surface area contributed by atoms with E-state index in [1.54, 1.807) is 10.4 Å². The predicted molar refractivity (Wildman–Crippen MR) is 85.2 cm³/mol. The number of fused-ring (bicyclic) bond motifs is 1. The smallest absolute Gasteiger partial charge is 0.0389 e. The van der Waals surface area contributed by atoms with E-state index in [0.29, 0.717) is 6.04 Å². The summed E-state index contributed by atoms with van der Waals surface area (Å²) in [5.74, 6) is 0. The first kappa shape index (κ1) is 13.8. The van der Waals surface area contributed by atoms with Crippen molar-refractivity contribution in [2.75, 3.05) is 0 Å². The molecule has 0 spiro atoms. The van der Waals surface area contributed by atoms with Gasteiger partial charge in [-0.1, -0.05) is 0 Å². The Labute approximate surface area is 125 Å². The Hall–Kier alpha value is -1.19. The second-order valence-corrected chi connectivity index (χ2v) is 6.88. The SMILES string of the molecule is Cc1ccncc1CNC(C)c1cc2c(s1)CCCC2. The molecule has 3 heteroatoms. The molecule has 0 radical (unpaired) electrons. The number of nitrogens with zero attached hydrogens (tertiary/aromatic N) is 1. The molecule has 0 aliphatic heterocycles. The molecule has 1 aliphatic rings. The second-order valence-electron chi connectivity index (χ2n) is 5.71. The van der Waals surface area contributed by atoms with Gasteiger partial charge in [-0.25, -0.2) is 0 Å². The monoisotopic (exact) mass is 286 g/mol. The van der Waals surface area contributed by atoms with Crippen LogP contribution in [-0.2, 0) is 19.4 Å². The van der Waals surface area contributed by atoms with Crippen LogP contribution in [0.5, 0.6) is 0 Å². The number of aromatic nitrogens is 1. The maximum atomic E-state index is 4.21. The van der Waals surface area contributed by atoms with E-state index in [2.05, 4.69) is 36.3 Å². The van der Waals surface area contributed by atoms with Crippen LogP contribution in [0.25, 0.3) is 0 Å². The van der Waals surface area contributed by atoms with E-state index >= 15 is 0 Å². The molecule has 2 nitrogen and oxygen atoms in total. The summed E-state index contributed by atoms with van der Waals surface area (Å²) in [6.07, 6.45) is 9.11. The largest absolute Gasteiger partial charge is 0.305 e. The van der Waals surface area contributed by atoms with E-state index in [9.17, 15) is 0 Å². The van der Waals surface area contributed by atoms with Crippen LogP contribution in [0.3, 0.4) is 0 Å². The summed E-state index contributed by atoms with van der Waals surface area (Å²) in [6, 6.07) is 4.92. The van der Waals surface area contributed by atoms with Gasteiger partial charge in [0.2, 0.25) is 0 Å². The zero-order valence-corrected chi connectivity index (χ0v) is 13.1. The highest BCUT2D eigenvalue weighted by molar-refractivity contribution is 7.12. The number of hydrogen-bond acceptors (Lipinski definition) is 3. The average molecular weight is 286 g/mol. The molecule has 106 valence electrons. The van der Waals surface area contributed by atoms with Crippen LogP contribution >= 0.6 is 11.3 Å². The average Bonchev–Trinajstić information content (AvgIpc) is 2.90. The predicted octanol–water partition coefficient (Wildman–Crippen LogP) is 4.18. The van der Waals surface area contributed by atoms with Crippen molar-refractivity contribution < 1.29 is 0 Å². The molecule has 0 aromatic carbocycles. The van der Waals surface area contributed by atoms with Crippen molar-refractivity contribution in [3.63, 3.8) is 0 Å². The lowest BCUT2D eigenvalue weighted by Crippen LogP contribution is -2.17. The minimum atomic E-state index is 0.421. The third kappa shape index (κ3) is 2.94. The summed E-state index contributed by atoms with van der Waals surface area (Å²) in [5, 5.41) is 3.64. The van der Waals surface area contributed by atoms with Gasteiger partial charge >= 0.3 is 0 Å². The second kappa shape index (κ2) is 6.06. The number of aryl methyl sites for hydroxylation is 3. The van der Waals surface area contributed by atoms with E-state index < -0.39 is 0 Å². The minimum absolute atomic E-state index is 0.421. The van der Waals surface area contributed by atoms with Crippen molar-refractivity contribution in [2.45, 2.75) is 52.1 Å². The van der Waals surface area contributed by atoms with Gasteiger partial charge in [0, 0.05) is 34.7 Å². The van der Waals surface area contributed by atoms with E-state index in [1.807, 2.05) is 23.7 Å². The fourth-order valence-corrected chi connectivity index (χ4v) is 4.06. The topological polar surface area (TPSA) is 24.9 Å². The van der Waals surface area contributed by atoms with Crippen molar-refractivity contribution in [1.82, 2.24) is 10.3 Å². The van der Waals surface area contributed by atoms with Gasteiger partial charge in [-0.05, 0) is 68.4 Å². The molecular formula is C17H22N2S. The Balaban J connectivity index is 1.66. The molecule has 1 N–H and O–H groups in total. The molecule has 0 amide bonds. The molecule has 1 unspecified atom stereocenters. The summed E-state index contributed by atoms with van der Waals surface area (Å²) in [6.45, 7) is 5.31.